The largest absolute Gasteiger partial charge is 0.497 e. The summed E-state index contributed by atoms with van der Waals surface area (Å²) in [5, 5.41) is 0. The molecule has 1 aromatic carbocycles. The molecule has 0 radical (unpaired) electrons. The van der Waals surface area contributed by atoms with Crippen LogP contribution >= 0.6 is 0 Å². The molecule has 2 saturated heterocycles. The summed E-state index contributed by atoms with van der Waals surface area (Å²) < 4.78 is 17.6. The minimum atomic E-state index is -0.0399. The van der Waals surface area contributed by atoms with Gasteiger partial charge in [-0.15, -0.1) is 0 Å². The van der Waals surface area contributed by atoms with Gasteiger partial charge in [0.15, 0.2) is 0 Å². The SMILES string of the molecule is COc1cccc(CN2CC3(CC(OCc4cccc(C)n4)CCO3)C2)c1. The minimum absolute atomic E-state index is 0.0399. The molecule has 5 heteroatoms. The Kier molecular flexibility index (Phi) is 5.43. The number of aryl methyl sites for hydroxylation is 1. The fourth-order valence-corrected chi connectivity index (χ4v) is 4.14. The highest BCUT2D eigenvalue weighted by Gasteiger charge is 2.47. The first kappa shape index (κ1) is 18.4. The van der Waals surface area contributed by atoms with Crippen LogP contribution in [0, 0.1) is 6.92 Å². The molecule has 144 valence electrons. The van der Waals surface area contributed by atoms with Gasteiger partial charge in [0.1, 0.15) is 5.75 Å². The second-order valence-corrected chi connectivity index (χ2v) is 7.72. The summed E-state index contributed by atoms with van der Waals surface area (Å²) in [6, 6.07) is 14.4. The molecule has 0 aliphatic carbocycles. The molecule has 1 atom stereocenters. The molecular formula is C22H28N2O3. The van der Waals surface area contributed by atoms with Crippen LogP contribution < -0.4 is 4.74 Å². The lowest BCUT2D eigenvalue weighted by Crippen LogP contribution is -2.65. The lowest BCUT2D eigenvalue weighted by molar-refractivity contribution is -0.200. The zero-order chi connectivity index (χ0) is 18.7. The molecule has 2 aliphatic heterocycles. The van der Waals surface area contributed by atoms with Crippen LogP contribution in [-0.4, -0.2) is 48.4 Å². The van der Waals surface area contributed by atoms with Crippen molar-refractivity contribution in [3.8, 4) is 5.75 Å². The highest BCUT2D eigenvalue weighted by atomic mass is 16.5. The van der Waals surface area contributed by atoms with Crippen molar-refractivity contribution in [2.24, 2.45) is 0 Å². The summed E-state index contributed by atoms with van der Waals surface area (Å²) >= 11 is 0. The fraction of sp³-hybridized carbons (Fsp3) is 0.500. The number of pyridine rings is 1. The van der Waals surface area contributed by atoms with Gasteiger partial charge in [0.25, 0.3) is 0 Å². The van der Waals surface area contributed by atoms with E-state index in [-0.39, 0.29) is 11.7 Å². The van der Waals surface area contributed by atoms with Gasteiger partial charge in [0.05, 0.1) is 31.1 Å². The van der Waals surface area contributed by atoms with E-state index in [1.54, 1.807) is 7.11 Å². The van der Waals surface area contributed by atoms with Gasteiger partial charge in [-0.05, 0) is 43.2 Å². The molecule has 1 spiro atoms. The molecule has 2 fully saturated rings. The molecule has 3 heterocycles. The average Bonchev–Trinajstić information content (AvgIpc) is 2.66. The van der Waals surface area contributed by atoms with Crippen molar-refractivity contribution >= 4 is 0 Å². The Morgan fingerprint density at radius 1 is 1.22 bits per heavy atom. The maximum atomic E-state index is 6.16. The highest BCUT2D eigenvalue weighted by molar-refractivity contribution is 5.28. The summed E-state index contributed by atoms with van der Waals surface area (Å²) in [4.78, 5) is 6.96. The Morgan fingerprint density at radius 3 is 2.89 bits per heavy atom. The van der Waals surface area contributed by atoms with E-state index in [0.29, 0.717) is 6.61 Å². The predicted molar refractivity (Wildman–Crippen MR) is 104 cm³/mol. The molecule has 2 aliphatic rings. The van der Waals surface area contributed by atoms with Crippen molar-refractivity contribution in [3.63, 3.8) is 0 Å². The van der Waals surface area contributed by atoms with Crippen LogP contribution in [0.5, 0.6) is 5.75 Å². The summed E-state index contributed by atoms with van der Waals surface area (Å²) in [5.41, 5.74) is 3.27. The Balaban J connectivity index is 1.27. The van der Waals surface area contributed by atoms with Crippen LogP contribution in [0.2, 0.25) is 0 Å². The smallest absolute Gasteiger partial charge is 0.119 e. The van der Waals surface area contributed by atoms with E-state index in [4.69, 9.17) is 14.2 Å². The van der Waals surface area contributed by atoms with Crippen LogP contribution in [0.1, 0.15) is 29.8 Å². The number of aromatic nitrogens is 1. The first-order valence-corrected chi connectivity index (χ1v) is 9.68. The number of nitrogens with zero attached hydrogens (tertiary/aromatic N) is 2. The summed E-state index contributed by atoms with van der Waals surface area (Å²) in [6.07, 6.45) is 2.18. The number of hydrogen-bond donors (Lipinski definition) is 0. The summed E-state index contributed by atoms with van der Waals surface area (Å²) in [7, 11) is 1.71. The van der Waals surface area contributed by atoms with E-state index in [2.05, 4.69) is 22.0 Å². The molecule has 0 amide bonds. The number of ether oxygens (including phenoxy) is 3. The second kappa shape index (κ2) is 7.97. The summed E-state index contributed by atoms with van der Waals surface area (Å²) in [5.74, 6) is 0.912. The Labute approximate surface area is 161 Å². The molecule has 5 nitrogen and oxygen atoms in total. The zero-order valence-electron chi connectivity index (χ0n) is 16.2. The standard InChI is InChI=1S/C22H28N2O3/c1-17-5-3-7-19(23-17)14-26-21-9-10-27-22(12-21)15-24(16-22)13-18-6-4-8-20(11-18)25-2/h3-8,11,21H,9-10,12-16H2,1-2H3. The Bertz CT molecular complexity index is 774. The van der Waals surface area contributed by atoms with Gasteiger partial charge in [0, 0.05) is 38.4 Å². The van der Waals surface area contributed by atoms with Gasteiger partial charge in [-0.1, -0.05) is 18.2 Å². The van der Waals surface area contributed by atoms with Crippen molar-refractivity contribution in [1.29, 1.82) is 0 Å². The van der Waals surface area contributed by atoms with Crippen molar-refractivity contribution in [1.82, 2.24) is 9.88 Å². The maximum Gasteiger partial charge on any atom is 0.119 e. The predicted octanol–water partition coefficient (Wildman–Crippen LogP) is 3.35. The van der Waals surface area contributed by atoms with Crippen LogP contribution in [0.25, 0.3) is 0 Å². The maximum absolute atomic E-state index is 6.16. The monoisotopic (exact) mass is 368 g/mol. The normalized spacial score (nSPS) is 21.8. The third-order valence-electron chi connectivity index (χ3n) is 5.42. The molecular weight excluding hydrogens is 340 g/mol. The molecule has 1 unspecified atom stereocenters. The molecule has 0 N–H and O–H groups in total. The second-order valence-electron chi connectivity index (χ2n) is 7.72. The van der Waals surface area contributed by atoms with Gasteiger partial charge in [-0.25, -0.2) is 0 Å². The van der Waals surface area contributed by atoms with Gasteiger partial charge in [0.2, 0.25) is 0 Å². The fourth-order valence-electron chi connectivity index (χ4n) is 4.14. The van der Waals surface area contributed by atoms with E-state index >= 15 is 0 Å². The van der Waals surface area contributed by atoms with Crippen molar-refractivity contribution in [2.45, 2.75) is 44.6 Å². The highest BCUT2D eigenvalue weighted by Crippen LogP contribution is 2.36. The average molecular weight is 368 g/mol. The number of likely N-dealkylation sites (tertiary alicyclic amines) is 1. The van der Waals surface area contributed by atoms with Crippen LogP contribution in [0.3, 0.4) is 0 Å². The first-order chi connectivity index (χ1) is 13.1. The van der Waals surface area contributed by atoms with Crippen LogP contribution in [-0.2, 0) is 22.6 Å². The summed E-state index contributed by atoms with van der Waals surface area (Å²) in [6.45, 7) is 6.23. The van der Waals surface area contributed by atoms with E-state index in [0.717, 1.165) is 56.2 Å². The number of hydrogen-bond acceptors (Lipinski definition) is 5. The van der Waals surface area contributed by atoms with E-state index in [1.807, 2.05) is 37.3 Å². The topological polar surface area (TPSA) is 43.8 Å². The van der Waals surface area contributed by atoms with Gasteiger partial charge >= 0.3 is 0 Å². The molecule has 4 rings (SSSR count). The third-order valence-corrected chi connectivity index (χ3v) is 5.42. The third kappa shape index (κ3) is 4.49. The lowest BCUT2D eigenvalue weighted by atomic mass is 9.84. The van der Waals surface area contributed by atoms with Crippen LogP contribution in [0.15, 0.2) is 42.5 Å². The van der Waals surface area contributed by atoms with E-state index in [1.165, 1.54) is 5.56 Å². The van der Waals surface area contributed by atoms with Gasteiger partial charge < -0.3 is 14.2 Å². The molecule has 1 aromatic heterocycles. The van der Waals surface area contributed by atoms with Crippen molar-refractivity contribution in [2.75, 3.05) is 26.8 Å². The van der Waals surface area contributed by atoms with Crippen LogP contribution in [0.4, 0.5) is 0 Å². The number of benzene rings is 1. The van der Waals surface area contributed by atoms with Crippen molar-refractivity contribution in [3.05, 3.63) is 59.4 Å². The zero-order valence-corrected chi connectivity index (χ0v) is 16.2. The lowest BCUT2D eigenvalue weighted by Gasteiger charge is -2.53. The Morgan fingerprint density at radius 2 is 2.07 bits per heavy atom. The molecule has 2 aromatic rings. The minimum Gasteiger partial charge on any atom is -0.497 e. The van der Waals surface area contributed by atoms with Crippen molar-refractivity contribution < 1.29 is 14.2 Å². The molecule has 0 bridgehead atoms. The quantitative estimate of drug-likeness (QED) is 0.782. The van der Waals surface area contributed by atoms with Gasteiger partial charge in [-0.3, -0.25) is 9.88 Å². The first-order valence-electron chi connectivity index (χ1n) is 9.68. The number of rotatable bonds is 6. The van der Waals surface area contributed by atoms with E-state index < -0.39 is 0 Å². The molecule has 0 saturated carbocycles. The van der Waals surface area contributed by atoms with Gasteiger partial charge in [-0.2, -0.15) is 0 Å². The number of methoxy groups -OCH3 is 1. The Hall–Kier alpha value is -1.95. The molecule has 27 heavy (non-hydrogen) atoms. The van der Waals surface area contributed by atoms with E-state index in [9.17, 15) is 0 Å².